The third-order valence-electron chi connectivity index (χ3n) is 6.07. The molecule has 2 aliphatic heterocycles. The molecule has 3 aliphatic rings. The highest BCUT2D eigenvalue weighted by Crippen LogP contribution is 2.47. The molecule has 2 heterocycles. The van der Waals surface area contributed by atoms with E-state index in [1.165, 1.54) is 56.4 Å². The zero-order chi connectivity index (χ0) is 16.4. The average Bonchev–Trinajstić information content (AvgIpc) is 2.86. The van der Waals surface area contributed by atoms with Crippen LogP contribution in [0.1, 0.15) is 68.1 Å². The summed E-state index contributed by atoms with van der Waals surface area (Å²) in [5, 5.41) is 3.60. The number of hydrogen-bond acceptors (Lipinski definition) is 3. The molecule has 0 atom stereocenters. The maximum atomic E-state index is 6.18. The summed E-state index contributed by atoms with van der Waals surface area (Å²) in [6, 6.07) is 2.38. The number of hydrogen-bond donors (Lipinski definition) is 1. The second-order valence-corrected chi connectivity index (χ2v) is 7.70. The highest BCUT2D eigenvalue weighted by atomic mass is 16.5. The van der Waals surface area contributed by atoms with Gasteiger partial charge in [0.15, 0.2) is 0 Å². The van der Waals surface area contributed by atoms with E-state index in [1.807, 2.05) is 0 Å². The van der Waals surface area contributed by atoms with Gasteiger partial charge in [-0.2, -0.15) is 0 Å². The minimum atomic E-state index is 0.751. The lowest BCUT2D eigenvalue weighted by atomic mass is 9.78. The topological polar surface area (TPSA) is 24.5 Å². The van der Waals surface area contributed by atoms with E-state index in [0.29, 0.717) is 0 Å². The number of benzene rings is 1. The van der Waals surface area contributed by atoms with Crippen LogP contribution in [0.5, 0.6) is 5.75 Å². The number of nitrogens with zero attached hydrogens (tertiary/aromatic N) is 1. The second kappa shape index (κ2) is 7.35. The first-order valence-electron chi connectivity index (χ1n) is 10.2. The van der Waals surface area contributed by atoms with Crippen LogP contribution < -0.4 is 15.0 Å². The van der Waals surface area contributed by atoms with Crippen molar-refractivity contribution in [3.05, 3.63) is 22.8 Å². The number of nitrogens with one attached hydrogen (secondary N) is 1. The van der Waals surface area contributed by atoms with Crippen LogP contribution in [0.4, 0.5) is 5.69 Å². The molecule has 0 spiro atoms. The molecule has 1 fully saturated rings. The molecule has 0 aromatic heterocycles. The van der Waals surface area contributed by atoms with E-state index in [-0.39, 0.29) is 0 Å². The highest BCUT2D eigenvalue weighted by Gasteiger charge is 2.31. The van der Waals surface area contributed by atoms with Crippen LogP contribution >= 0.6 is 0 Å². The van der Waals surface area contributed by atoms with E-state index in [2.05, 4.69) is 23.2 Å². The average molecular weight is 329 g/mol. The molecule has 3 heteroatoms. The summed E-state index contributed by atoms with van der Waals surface area (Å²) in [5.41, 5.74) is 6.37. The first kappa shape index (κ1) is 16.3. The molecule has 1 aromatic carbocycles. The lowest BCUT2D eigenvalue weighted by Gasteiger charge is -2.37. The van der Waals surface area contributed by atoms with Gasteiger partial charge >= 0.3 is 0 Å². The summed E-state index contributed by atoms with van der Waals surface area (Å²) in [7, 11) is 0. The predicted octanol–water partition coefficient (Wildman–Crippen LogP) is 4.03. The van der Waals surface area contributed by atoms with Crippen LogP contribution in [0.15, 0.2) is 6.07 Å². The van der Waals surface area contributed by atoms with Gasteiger partial charge in [0, 0.05) is 6.54 Å². The summed E-state index contributed by atoms with van der Waals surface area (Å²) in [5.74, 6) is 1.93. The molecule has 132 valence electrons. The summed E-state index contributed by atoms with van der Waals surface area (Å²) < 4.78 is 6.18. The Morgan fingerprint density at radius 1 is 1.17 bits per heavy atom. The first-order chi connectivity index (χ1) is 11.9. The fraction of sp³-hybridized carbons (Fsp3) is 0.714. The zero-order valence-electron chi connectivity index (χ0n) is 15.2. The number of fused-ring (bicyclic) bond motifs is 2. The van der Waals surface area contributed by atoms with Gasteiger partial charge in [0.2, 0.25) is 0 Å². The van der Waals surface area contributed by atoms with Gasteiger partial charge in [-0.3, -0.25) is 0 Å². The molecule has 1 aromatic rings. The van der Waals surface area contributed by atoms with Gasteiger partial charge in [-0.15, -0.1) is 0 Å². The Bertz CT molecular complexity index is 578. The van der Waals surface area contributed by atoms with Gasteiger partial charge in [-0.05, 0) is 73.9 Å². The van der Waals surface area contributed by atoms with E-state index in [1.54, 1.807) is 16.7 Å². The molecule has 3 nitrogen and oxygen atoms in total. The van der Waals surface area contributed by atoms with Gasteiger partial charge in [0.25, 0.3) is 0 Å². The normalized spacial score (nSPS) is 21.6. The highest BCUT2D eigenvalue weighted by molar-refractivity contribution is 5.70. The Hall–Kier alpha value is -1.22. The van der Waals surface area contributed by atoms with Crippen molar-refractivity contribution in [2.45, 2.75) is 64.2 Å². The van der Waals surface area contributed by atoms with Gasteiger partial charge in [-0.25, -0.2) is 0 Å². The van der Waals surface area contributed by atoms with Gasteiger partial charge in [0.05, 0.1) is 12.2 Å². The molecule has 1 saturated carbocycles. The molecule has 1 aliphatic carbocycles. The molecule has 0 saturated heterocycles. The van der Waals surface area contributed by atoms with Gasteiger partial charge in [-0.1, -0.05) is 26.2 Å². The largest absolute Gasteiger partial charge is 0.490 e. The Morgan fingerprint density at radius 2 is 2.00 bits per heavy atom. The lowest BCUT2D eigenvalue weighted by Crippen LogP contribution is -2.35. The summed E-state index contributed by atoms with van der Waals surface area (Å²) >= 11 is 0. The first-order valence-corrected chi connectivity index (χ1v) is 10.2. The van der Waals surface area contributed by atoms with E-state index < -0.39 is 0 Å². The van der Waals surface area contributed by atoms with Crippen molar-refractivity contribution < 1.29 is 4.74 Å². The Morgan fingerprint density at radius 3 is 2.83 bits per heavy atom. The second-order valence-electron chi connectivity index (χ2n) is 7.70. The van der Waals surface area contributed by atoms with Crippen molar-refractivity contribution >= 4 is 5.69 Å². The van der Waals surface area contributed by atoms with E-state index >= 15 is 0 Å². The van der Waals surface area contributed by atoms with E-state index in [0.717, 1.165) is 45.1 Å². The summed E-state index contributed by atoms with van der Waals surface area (Å²) in [4.78, 5) is 2.63. The fourth-order valence-electron chi connectivity index (χ4n) is 4.98. The van der Waals surface area contributed by atoms with Crippen molar-refractivity contribution in [1.82, 2.24) is 5.32 Å². The molecule has 0 unspecified atom stereocenters. The number of ether oxygens (including phenoxy) is 1. The molecule has 1 N–H and O–H groups in total. The molecular weight excluding hydrogens is 296 g/mol. The van der Waals surface area contributed by atoms with Crippen molar-refractivity contribution in [2.24, 2.45) is 0 Å². The maximum absolute atomic E-state index is 6.18. The van der Waals surface area contributed by atoms with Crippen molar-refractivity contribution in [3.63, 3.8) is 0 Å². The van der Waals surface area contributed by atoms with Crippen LogP contribution in [0, 0.1) is 0 Å². The van der Waals surface area contributed by atoms with Gasteiger partial charge < -0.3 is 15.0 Å². The van der Waals surface area contributed by atoms with Crippen LogP contribution in [-0.2, 0) is 12.8 Å². The maximum Gasteiger partial charge on any atom is 0.143 e. The third kappa shape index (κ3) is 3.03. The Balaban J connectivity index is 1.85. The third-order valence-corrected chi connectivity index (χ3v) is 6.07. The minimum absolute atomic E-state index is 0.751. The molecule has 24 heavy (non-hydrogen) atoms. The molecule has 0 amide bonds. The molecule has 4 rings (SSSR count). The quantitative estimate of drug-likeness (QED) is 0.906. The molecular formula is C21H32N2O. The fourth-order valence-corrected chi connectivity index (χ4v) is 4.98. The standard InChI is InChI=1S/C21H32N2O/c1-2-12-23-13-14-24-19-15-17-8-10-22-11-9-18(17)20(21(19)23)16-6-4-3-5-7-16/h15-16,22H,2-14H2,1H3. The van der Waals surface area contributed by atoms with E-state index in [9.17, 15) is 0 Å². The van der Waals surface area contributed by atoms with Gasteiger partial charge in [0.1, 0.15) is 12.4 Å². The van der Waals surface area contributed by atoms with Crippen LogP contribution in [-0.4, -0.2) is 32.8 Å². The lowest BCUT2D eigenvalue weighted by molar-refractivity contribution is 0.305. The smallest absolute Gasteiger partial charge is 0.143 e. The van der Waals surface area contributed by atoms with Crippen LogP contribution in [0.3, 0.4) is 0 Å². The predicted molar refractivity (Wildman–Crippen MR) is 101 cm³/mol. The molecule has 0 bridgehead atoms. The number of rotatable bonds is 3. The minimum Gasteiger partial charge on any atom is -0.490 e. The monoisotopic (exact) mass is 328 g/mol. The molecule has 0 radical (unpaired) electrons. The Kier molecular flexibility index (Phi) is 4.98. The summed E-state index contributed by atoms with van der Waals surface area (Å²) in [6.45, 7) is 7.58. The van der Waals surface area contributed by atoms with Crippen molar-refractivity contribution in [1.29, 1.82) is 0 Å². The summed E-state index contributed by atoms with van der Waals surface area (Å²) in [6.07, 6.45) is 10.5. The van der Waals surface area contributed by atoms with Crippen LogP contribution in [0.2, 0.25) is 0 Å². The van der Waals surface area contributed by atoms with Crippen molar-refractivity contribution in [2.75, 3.05) is 37.7 Å². The van der Waals surface area contributed by atoms with E-state index in [4.69, 9.17) is 4.74 Å². The Labute approximate surface area is 146 Å². The number of anilines is 1. The van der Waals surface area contributed by atoms with Crippen molar-refractivity contribution in [3.8, 4) is 5.75 Å². The zero-order valence-corrected chi connectivity index (χ0v) is 15.2. The van der Waals surface area contributed by atoms with Crippen LogP contribution in [0.25, 0.3) is 0 Å². The SMILES string of the molecule is CCCN1CCOc2cc3c(c(C4CCCCC4)c21)CCNCC3.